The third kappa shape index (κ3) is 31.6. The van der Waals surface area contributed by atoms with Crippen LogP contribution < -0.4 is 0 Å². The Balaban J connectivity index is 3.82. The Hall–Kier alpha value is -1.32. The molecule has 0 aromatic rings. The van der Waals surface area contributed by atoms with E-state index in [4.69, 9.17) is 9.84 Å². The average Bonchev–Trinajstić information content (AvgIpc) is 2.98. The van der Waals surface area contributed by atoms with E-state index in [1.807, 2.05) is 0 Å². The highest BCUT2D eigenvalue weighted by atomic mass is 16.5. The van der Waals surface area contributed by atoms with Crippen LogP contribution >= 0.6 is 0 Å². The Morgan fingerprint density at radius 1 is 0.524 bits per heavy atom. The summed E-state index contributed by atoms with van der Waals surface area (Å²) in [6.07, 6.45) is 40.6. The molecule has 4 nitrogen and oxygen atoms in total. The molecule has 0 saturated heterocycles. The molecule has 0 radical (unpaired) electrons. The molecule has 0 aliphatic heterocycles. The summed E-state index contributed by atoms with van der Waals surface area (Å²) in [5, 5.41) is 8.67. The lowest BCUT2D eigenvalue weighted by Crippen LogP contribution is -2.18. The number of ether oxygens (including phenoxy) is 1. The highest BCUT2D eigenvalue weighted by Crippen LogP contribution is 2.21. The average molecular weight is 593 g/mol. The number of aliphatic carboxylic acids is 1. The number of hydrogen-bond acceptors (Lipinski definition) is 3. The summed E-state index contributed by atoms with van der Waals surface area (Å²) in [5.41, 5.74) is 0. The molecule has 1 atom stereocenters. The van der Waals surface area contributed by atoms with E-state index in [2.05, 4.69) is 26.0 Å². The van der Waals surface area contributed by atoms with Gasteiger partial charge in [0.25, 0.3) is 0 Å². The molecule has 1 unspecified atom stereocenters. The van der Waals surface area contributed by atoms with Crippen molar-refractivity contribution in [1.29, 1.82) is 0 Å². The molecule has 0 aromatic carbocycles. The fourth-order valence-corrected chi connectivity index (χ4v) is 5.71. The summed E-state index contributed by atoms with van der Waals surface area (Å²) in [6.45, 7) is 5.00. The number of hydrogen-bond donors (Lipinski definition) is 1. The molecule has 0 rings (SSSR count). The molecule has 0 saturated carbocycles. The lowest BCUT2D eigenvalue weighted by molar-refractivity contribution is -0.149. The Labute approximate surface area is 262 Å². The quantitative estimate of drug-likeness (QED) is 0.0458. The van der Waals surface area contributed by atoms with Gasteiger partial charge in [0.1, 0.15) is 0 Å². The maximum Gasteiger partial charge on any atom is 0.308 e. The first kappa shape index (κ1) is 40.7. The summed E-state index contributed by atoms with van der Waals surface area (Å²) in [4.78, 5) is 23.2. The van der Waals surface area contributed by atoms with E-state index in [-0.39, 0.29) is 11.9 Å². The lowest BCUT2D eigenvalue weighted by atomic mass is 9.94. The van der Waals surface area contributed by atoms with Crippen molar-refractivity contribution in [3.05, 3.63) is 12.2 Å². The molecular formula is C38H72O4. The number of carboxylic acids is 1. The van der Waals surface area contributed by atoms with E-state index in [0.29, 0.717) is 13.0 Å². The van der Waals surface area contributed by atoms with Gasteiger partial charge in [0.05, 0.1) is 12.5 Å². The molecule has 0 bridgehead atoms. The predicted molar refractivity (Wildman–Crippen MR) is 181 cm³/mol. The van der Waals surface area contributed by atoms with Crippen molar-refractivity contribution in [1.82, 2.24) is 0 Å². The molecule has 0 amide bonds. The van der Waals surface area contributed by atoms with Gasteiger partial charge in [-0.3, -0.25) is 9.59 Å². The van der Waals surface area contributed by atoms with Gasteiger partial charge in [0.15, 0.2) is 0 Å². The molecule has 4 heteroatoms. The van der Waals surface area contributed by atoms with E-state index in [9.17, 15) is 9.59 Å². The third-order valence-corrected chi connectivity index (χ3v) is 8.58. The topological polar surface area (TPSA) is 63.6 Å². The van der Waals surface area contributed by atoms with Crippen LogP contribution in [0, 0.1) is 5.92 Å². The Morgan fingerprint density at radius 3 is 1.33 bits per heavy atom. The molecule has 42 heavy (non-hydrogen) atoms. The molecule has 1 N–H and O–H groups in total. The number of rotatable bonds is 34. The van der Waals surface area contributed by atoms with Gasteiger partial charge in [-0.1, -0.05) is 161 Å². The van der Waals surface area contributed by atoms with Crippen LogP contribution in [0.3, 0.4) is 0 Å². The minimum absolute atomic E-state index is 0.0583. The molecule has 0 fully saturated rings. The van der Waals surface area contributed by atoms with Crippen LogP contribution in [0.1, 0.15) is 206 Å². The molecule has 0 heterocycles. The van der Waals surface area contributed by atoms with Gasteiger partial charge in [-0.25, -0.2) is 0 Å². The van der Waals surface area contributed by atoms with Crippen molar-refractivity contribution in [2.24, 2.45) is 5.92 Å². The van der Waals surface area contributed by atoms with Crippen molar-refractivity contribution in [3.63, 3.8) is 0 Å². The van der Waals surface area contributed by atoms with Gasteiger partial charge in [-0.05, 0) is 51.4 Å². The zero-order valence-corrected chi connectivity index (χ0v) is 28.3. The highest BCUT2D eigenvalue weighted by molar-refractivity contribution is 5.72. The minimum Gasteiger partial charge on any atom is -0.481 e. The fraction of sp³-hybridized carbons (Fsp3) is 0.895. The summed E-state index contributed by atoms with van der Waals surface area (Å²) in [6, 6.07) is 0. The second-order valence-corrected chi connectivity index (χ2v) is 12.8. The van der Waals surface area contributed by atoms with E-state index in [1.54, 1.807) is 0 Å². The van der Waals surface area contributed by atoms with Crippen LogP contribution in [0.5, 0.6) is 0 Å². The van der Waals surface area contributed by atoms with Gasteiger partial charge in [-0.2, -0.15) is 0 Å². The third-order valence-electron chi connectivity index (χ3n) is 8.58. The Bertz CT molecular complexity index is 600. The first-order valence-corrected chi connectivity index (χ1v) is 18.6. The van der Waals surface area contributed by atoms with E-state index in [0.717, 1.165) is 51.4 Å². The minimum atomic E-state index is -0.668. The number of allylic oxidation sites excluding steroid dienone is 2. The first-order chi connectivity index (χ1) is 20.6. The molecule has 0 aromatic heterocycles. The van der Waals surface area contributed by atoms with Gasteiger partial charge < -0.3 is 9.84 Å². The smallest absolute Gasteiger partial charge is 0.308 e. The number of carbonyl (C=O) groups excluding carboxylic acids is 1. The standard InChI is InChI=1S/C38H72O4/c1-3-5-7-8-9-10-11-12-14-17-20-23-26-29-32-36(38(41)42-35-6-4-2)33-30-27-24-21-18-15-13-16-19-22-25-28-31-34-37(39)40/h12,14,36H,3-11,13,15-35H2,1-2H3,(H,39,40). The number of unbranched alkanes of at least 4 members (excludes halogenated alkanes) is 23. The second-order valence-electron chi connectivity index (χ2n) is 12.8. The van der Waals surface area contributed by atoms with Gasteiger partial charge >= 0.3 is 11.9 Å². The molecule has 0 aliphatic carbocycles. The summed E-state index contributed by atoms with van der Waals surface area (Å²) in [7, 11) is 0. The largest absolute Gasteiger partial charge is 0.481 e. The predicted octanol–water partition coefficient (Wildman–Crippen LogP) is 12.5. The normalized spacial score (nSPS) is 12.2. The van der Waals surface area contributed by atoms with E-state index in [1.165, 1.54) is 135 Å². The van der Waals surface area contributed by atoms with Crippen LogP contribution in [0.4, 0.5) is 0 Å². The monoisotopic (exact) mass is 593 g/mol. The number of esters is 1. The van der Waals surface area contributed by atoms with Crippen LogP contribution in [0.2, 0.25) is 0 Å². The molecule has 0 aliphatic rings. The number of carbonyl (C=O) groups is 2. The maximum atomic E-state index is 12.7. The Kier molecular flexibility index (Phi) is 33.1. The Morgan fingerprint density at radius 2 is 0.905 bits per heavy atom. The van der Waals surface area contributed by atoms with Gasteiger partial charge in [0, 0.05) is 6.42 Å². The zero-order valence-electron chi connectivity index (χ0n) is 28.3. The summed E-state index contributed by atoms with van der Waals surface area (Å²) >= 11 is 0. The second kappa shape index (κ2) is 34.2. The SMILES string of the molecule is CCCCCCCCC=CCCCCCCC(CCCCCCCCCCCCCCCC(=O)O)C(=O)OCCCC. The fourth-order valence-electron chi connectivity index (χ4n) is 5.71. The maximum absolute atomic E-state index is 12.7. The van der Waals surface area contributed by atoms with Crippen molar-refractivity contribution in [3.8, 4) is 0 Å². The van der Waals surface area contributed by atoms with Crippen LogP contribution in [0.15, 0.2) is 12.2 Å². The zero-order chi connectivity index (χ0) is 30.8. The van der Waals surface area contributed by atoms with Crippen LogP contribution in [0.25, 0.3) is 0 Å². The van der Waals surface area contributed by atoms with Gasteiger partial charge in [0.2, 0.25) is 0 Å². The number of carboxylic acid groups (broad SMARTS) is 1. The van der Waals surface area contributed by atoms with E-state index < -0.39 is 5.97 Å². The van der Waals surface area contributed by atoms with Gasteiger partial charge in [-0.15, -0.1) is 0 Å². The van der Waals surface area contributed by atoms with Crippen molar-refractivity contribution >= 4 is 11.9 Å². The first-order valence-electron chi connectivity index (χ1n) is 18.6. The highest BCUT2D eigenvalue weighted by Gasteiger charge is 2.19. The van der Waals surface area contributed by atoms with Crippen molar-refractivity contribution in [2.45, 2.75) is 206 Å². The summed E-state index contributed by atoms with van der Waals surface area (Å²) in [5.74, 6) is -0.510. The molecule has 248 valence electrons. The molecular weight excluding hydrogens is 520 g/mol. The van der Waals surface area contributed by atoms with Crippen molar-refractivity contribution < 1.29 is 19.4 Å². The molecule has 0 spiro atoms. The lowest BCUT2D eigenvalue weighted by Gasteiger charge is -2.16. The van der Waals surface area contributed by atoms with Crippen molar-refractivity contribution in [2.75, 3.05) is 6.61 Å². The van der Waals surface area contributed by atoms with Crippen LogP contribution in [-0.4, -0.2) is 23.7 Å². The van der Waals surface area contributed by atoms with Crippen LogP contribution in [-0.2, 0) is 14.3 Å². The van der Waals surface area contributed by atoms with E-state index >= 15 is 0 Å². The summed E-state index contributed by atoms with van der Waals surface area (Å²) < 4.78 is 5.62.